The topological polar surface area (TPSA) is 41.5 Å². The molecule has 3 nitrogen and oxygen atoms in total. The molecule has 0 aliphatic heterocycles. The fraction of sp³-hybridized carbons (Fsp3) is 0.625. The number of hydrogen-bond donors (Lipinski definition) is 2. The maximum absolute atomic E-state index is 10.5. The van der Waals surface area contributed by atoms with Crippen LogP contribution >= 0.6 is 0 Å². The largest absolute Gasteiger partial charge is 0.497 e. The summed E-state index contributed by atoms with van der Waals surface area (Å²) in [4.78, 5) is 0. The third-order valence-corrected chi connectivity index (χ3v) is 3.42. The van der Waals surface area contributed by atoms with E-state index >= 15 is 0 Å². The molecule has 0 aliphatic carbocycles. The molecule has 0 saturated heterocycles. The summed E-state index contributed by atoms with van der Waals surface area (Å²) in [5.41, 5.74) is 3.15. The quantitative estimate of drug-likeness (QED) is 0.831. The first kappa shape index (κ1) is 16.0. The van der Waals surface area contributed by atoms with Crippen LogP contribution in [-0.4, -0.2) is 24.8 Å². The van der Waals surface area contributed by atoms with Crippen molar-refractivity contribution in [1.82, 2.24) is 5.32 Å². The number of aliphatic hydroxyl groups excluding tert-OH is 1. The number of nitrogens with one attached hydrogen (secondary N) is 1. The summed E-state index contributed by atoms with van der Waals surface area (Å²) in [5.74, 6) is 1.42. The number of aryl methyl sites for hydroxylation is 2. The van der Waals surface area contributed by atoms with Crippen molar-refractivity contribution in [3.63, 3.8) is 0 Å². The number of benzene rings is 1. The van der Waals surface area contributed by atoms with Gasteiger partial charge in [0, 0.05) is 6.04 Å². The van der Waals surface area contributed by atoms with Gasteiger partial charge in [-0.1, -0.05) is 13.8 Å². The van der Waals surface area contributed by atoms with Crippen LogP contribution < -0.4 is 10.1 Å². The zero-order valence-corrected chi connectivity index (χ0v) is 12.9. The third kappa shape index (κ3) is 4.22. The van der Waals surface area contributed by atoms with E-state index in [1.54, 1.807) is 7.11 Å². The first-order valence-electron chi connectivity index (χ1n) is 6.93. The molecule has 0 spiro atoms. The van der Waals surface area contributed by atoms with E-state index in [-0.39, 0.29) is 6.04 Å². The van der Waals surface area contributed by atoms with Gasteiger partial charge in [-0.2, -0.15) is 0 Å². The van der Waals surface area contributed by atoms with Crippen molar-refractivity contribution in [1.29, 1.82) is 0 Å². The van der Waals surface area contributed by atoms with Crippen LogP contribution in [0.5, 0.6) is 5.75 Å². The molecular weight excluding hydrogens is 238 g/mol. The molecule has 2 N–H and O–H groups in total. The zero-order chi connectivity index (χ0) is 14.6. The Morgan fingerprint density at radius 3 is 2.11 bits per heavy atom. The monoisotopic (exact) mass is 265 g/mol. The number of methoxy groups -OCH3 is 1. The van der Waals surface area contributed by atoms with Crippen LogP contribution in [0.25, 0.3) is 0 Å². The molecule has 1 aromatic carbocycles. The molecule has 1 aromatic rings. The molecule has 0 saturated carbocycles. The van der Waals surface area contributed by atoms with Crippen LogP contribution in [0.2, 0.25) is 0 Å². The molecule has 0 amide bonds. The smallest absolute Gasteiger partial charge is 0.119 e. The van der Waals surface area contributed by atoms with Crippen LogP contribution in [0.15, 0.2) is 12.1 Å². The van der Waals surface area contributed by atoms with E-state index in [2.05, 4.69) is 19.2 Å². The van der Waals surface area contributed by atoms with Crippen molar-refractivity contribution < 1.29 is 9.84 Å². The van der Waals surface area contributed by atoms with Gasteiger partial charge in [0.25, 0.3) is 0 Å². The highest BCUT2D eigenvalue weighted by Crippen LogP contribution is 2.28. The minimum atomic E-state index is -0.496. The lowest BCUT2D eigenvalue weighted by Gasteiger charge is -2.25. The molecule has 2 unspecified atom stereocenters. The second-order valence-electron chi connectivity index (χ2n) is 5.71. The first-order valence-corrected chi connectivity index (χ1v) is 6.93. The summed E-state index contributed by atoms with van der Waals surface area (Å²) in [7, 11) is 1.66. The Morgan fingerprint density at radius 2 is 1.68 bits per heavy atom. The Labute approximate surface area is 117 Å². The summed E-state index contributed by atoms with van der Waals surface area (Å²) in [5, 5.41) is 13.9. The average Bonchev–Trinajstić information content (AvgIpc) is 2.34. The van der Waals surface area contributed by atoms with Gasteiger partial charge in [0.1, 0.15) is 5.75 Å². The minimum absolute atomic E-state index is 0.0354. The first-order chi connectivity index (χ1) is 8.86. The molecule has 108 valence electrons. The fourth-order valence-corrected chi connectivity index (χ4v) is 2.30. The summed E-state index contributed by atoms with van der Waals surface area (Å²) in [6.07, 6.45) is -0.496. The van der Waals surface area contributed by atoms with Gasteiger partial charge in [0.2, 0.25) is 0 Å². The van der Waals surface area contributed by atoms with Crippen LogP contribution in [-0.2, 0) is 0 Å². The molecule has 0 aliphatic rings. The van der Waals surface area contributed by atoms with Crippen LogP contribution in [0.3, 0.4) is 0 Å². The Balaban J connectivity index is 2.89. The number of hydrogen-bond acceptors (Lipinski definition) is 3. The highest BCUT2D eigenvalue weighted by molar-refractivity contribution is 5.42. The Hall–Kier alpha value is -1.06. The Morgan fingerprint density at radius 1 is 1.16 bits per heavy atom. The fourth-order valence-electron chi connectivity index (χ4n) is 2.30. The third-order valence-electron chi connectivity index (χ3n) is 3.42. The number of aliphatic hydroxyl groups is 1. The van der Waals surface area contributed by atoms with Crippen LogP contribution in [0, 0.1) is 19.8 Å². The normalized spacial score (nSPS) is 14.5. The Bertz CT molecular complexity index is 392. The van der Waals surface area contributed by atoms with Gasteiger partial charge in [-0.25, -0.2) is 0 Å². The van der Waals surface area contributed by atoms with Crippen molar-refractivity contribution in [2.24, 2.45) is 5.92 Å². The van der Waals surface area contributed by atoms with Gasteiger partial charge in [0.15, 0.2) is 0 Å². The number of ether oxygens (including phenoxy) is 1. The maximum atomic E-state index is 10.5. The summed E-state index contributed by atoms with van der Waals surface area (Å²) in [6.45, 7) is 11.3. The Kier molecular flexibility index (Phi) is 5.83. The van der Waals surface area contributed by atoms with Crippen molar-refractivity contribution >= 4 is 0 Å². The van der Waals surface area contributed by atoms with E-state index in [0.29, 0.717) is 5.92 Å². The van der Waals surface area contributed by atoms with Gasteiger partial charge >= 0.3 is 0 Å². The van der Waals surface area contributed by atoms with Gasteiger partial charge in [-0.3, -0.25) is 0 Å². The molecule has 0 fully saturated rings. The van der Waals surface area contributed by atoms with Crippen LogP contribution in [0.1, 0.15) is 43.6 Å². The van der Waals surface area contributed by atoms with E-state index in [9.17, 15) is 5.11 Å². The molecule has 3 heteroatoms. The molecule has 2 atom stereocenters. The van der Waals surface area contributed by atoms with Crippen LogP contribution in [0.4, 0.5) is 0 Å². The van der Waals surface area contributed by atoms with E-state index in [1.165, 1.54) is 0 Å². The van der Waals surface area contributed by atoms with Gasteiger partial charge in [-0.05, 0) is 62.1 Å². The predicted octanol–water partition coefficient (Wildman–Crippen LogP) is 2.98. The average molecular weight is 265 g/mol. The maximum Gasteiger partial charge on any atom is 0.119 e. The summed E-state index contributed by atoms with van der Waals surface area (Å²) in [6, 6.07) is 3.98. The second-order valence-corrected chi connectivity index (χ2v) is 5.71. The van der Waals surface area contributed by atoms with E-state index < -0.39 is 6.10 Å². The van der Waals surface area contributed by atoms with Gasteiger partial charge in [-0.15, -0.1) is 0 Å². The summed E-state index contributed by atoms with van der Waals surface area (Å²) >= 11 is 0. The standard InChI is InChI=1S/C16H27NO2/c1-10(2)9-17-13(5)16(18)15-11(3)7-14(19-6)8-12(15)4/h7-8,10,13,16-18H,9H2,1-6H3. The molecule has 0 aromatic heterocycles. The molecule has 0 heterocycles. The number of rotatable bonds is 6. The van der Waals surface area contributed by atoms with Crippen molar-refractivity contribution in [2.45, 2.75) is 46.8 Å². The lowest BCUT2D eigenvalue weighted by molar-refractivity contribution is 0.133. The van der Waals surface area contributed by atoms with Gasteiger partial charge in [0.05, 0.1) is 13.2 Å². The van der Waals surface area contributed by atoms with E-state index in [4.69, 9.17) is 4.74 Å². The second kappa shape index (κ2) is 6.92. The SMILES string of the molecule is COc1cc(C)c(C(O)C(C)NCC(C)C)c(C)c1. The lowest BCUT2D eigenvalue weighted by atomic mass is 9.93. The highest BCUT2D eigenvalue weighted by Gasteiger charge is 2.20. The van der Waals surface area contributed by atoms with E-state index in [0.717, 1.165) is 29.0 Å². The predicted molar refractivity (Wildman–Crippen MR) is 79.7 cm³/mol. The molecule has 1 rings (SSSR count). The van der Waals surface area contributed by atoms with Crippen molar-refractivity contribution in [2.75, 3.05) is 13.7 Å². The molecule has 0 bridgehead atoms. The highest BCUT2D eigenvalue weighted by atomic mass is 16.5. The lowest BCUT2D eigenvalue weighted by Crippen LogP contribution is -2.35. The van der Waals surface area contributed by atoms with Crippen molar-refractivity contribution in [3.8, 4) is 5.75 Å². The van der Waals surface area contributed by atoms with Crippen molar-refractivity contribution in [3.05, 3.63) is 28.8 Å². The zero-order valence-electron chi connectivity index (χ0n) is 12.9. The molecular formula is C16H27NO2. The van der Waals surface area contributed by atoms with Gasteiger partial charge < -0.3 is 15.2 Å². The summed E-state index contributed by atoms with van der Waals surface area (Å²) < 4.78 is 5.25. The van der Waals surface area contributed by atoms with E-state index in [1.807, 2.05) is 32.9 Å². The molecule has 0 radical (unpaired) electrons. The minimum Gasteiger partial charge on any atom is -0.497 e. The molecule has 19 heavy (non-hydrogen) atoms.